The second kappa shape index (κ2) is 6.25. The lowest BCUT2D eigenvalue weighted by Gasteiger charge is -2.21. The fourth-order valence-corrected chi connectivity index (χ4v) is 1.92. The number of pyridine rings is 1. The smallest absolute Gasteiger partial charge is 0.230 e. The van der Waals surface area contributed by atoms with E-state index in [9.17, 15) is 4.79 Å². The SMILES string of the molecule is CC(C)(C)C(=O)Nc1cc(CCBr)[c]c(C(C)(C)C)n1. The molecule has 0 saturated carbocycles. The van der Waals surface area contributed by atoms with Crippen LogP contribution in [0, 0.1) is 11.5 Å². The summed E-state index contributed by atoms with van der Waals surface area (Å²) >= 11 is 3.44. The van der Waals surface area contributed by atoms with Gasteiger partial charge in [0.2, 0.25) is 5.91 Å². The number of amides is 1. The molecule has 1 N–H and O–H groups in total. The number of hydrogen-bond donors (Lipinski definition) is 1. The van der Waals surface area contributed by atoms with Gasteiger partial charge in [-0.15, -0.1) is 0 Å². The molecule has 0 aliphatic heterocycles. The molecule has 0 spiro atoms. The molecule has 0 fully saturated rings. The second-order valence-electron chi connectivity index (χ2n) is 7.03. The van der Waals surface area contributed by atoms with E-state index in [1.807, 2.05) is 26.8 Å². The highest BCUT2D eigenvalue weighted by atomic mass is 79.9. The van der Waals surface area contributed by atoms with Gasteiger partial charge in [-0.3, -0.25) is 4.79 Å². The Balaban J connectivity index is 3.13. The molecule has 20 heavy (non-hydrogen) atoms. The maximum Gasteiger partial charge on any atom is 0.230 e. The first-order valence-corrected chi connectivity index (χ1v) is 7.97. The quantitative estimate of drug-likeness (QED) is 0.842. The third-order valence-electron chi connectivity index (χ3n) is 2.82. The standard InChI is InChI=1S/C16H24BrN2O/c1-15(2,3)12-9-11(7-8-17)10-13(18-12)19-14(20)16(4,5)6/h10H,7-8H2,1-6H3,(H,18,19,20). The zero-order valence-electron chi connectivity index (χ0n) is 13.2. The number of aromatic nitrogens is 1. The molecule has 1 heterocycles. The van der Waals surface area contributed by atoms with Crippen LogP contribution in [-0.4, -0.2) is 16.2 Å². The minimum Gasteiger partial charge on any atom is -0.310 e. The first-order chi connectivity index (χ1) is 9.04. The summed E-state index contributed by atoms with van der Waals surface area (Å²) in [6, 6.07) is 5.25. The first kappa shape index (κ1) is 17.2. The summed E-state index contributed by atoms with van der Waals surface area (Å²) in [6.07, 6.45) is 0.865. The van der Waals surface area contributed by atoms with Gasteiger partial charge in [0.25, 0.3) is 0 Å². The maximum atomic E-state index is 12.1. The summed E-state index contributed by atoms with van der Waals surface area (Å²) in [4.78, 5) is 16.6. The third kappa shape index (κ3) is 4.89. The van der Waals surface area contributed by atoms with Gasteiger partial charge in [0.15, 0.2) is 0 Å². The molecule has 111 valence electrons. The van der Waals surface area contributed by atoms with Crippen molar-refractivity contribution in [2.45, 2.75) is 53.4 Å². The van der Waals surface area contributed by atoms with E-state index in [1.54, 1.807) is 0 Å². The number of aryl methyl sites for hydroxylation is 1. The molecule has 1 radical (unpaired) electrons. The normalized spacial score (nSPS) is 12.3. The molecule has 0 bridgehead atoms. The number of hydrogen-bond acceptors (Lipinski definition) is 2. The number of carbonyl (C=O) groups is 1. The Morgan fingerprint density at radius 2 is 1.90 bits per heavy atom. The Morgan fingerprint density at radius 1 is 1.30 bits per heavy atom. The second-order valence-corrected chi connectivity index (χ2v) is 7.83. The van der Waals surface area contributed by atoms with Gasteiger partial charge in [-0.25, -0.2) is 4.98 Å². The number of anilines is 1. The van der Waals surface area contributed by atoms with E-state index in [1.165, 1.54) is 0 Å². The maximum absolute atomic E-state index is 12.1. The van der Waals surface area contributed by atoms with Crippen molar-refractivity contribution in [2.75, 3.05) is 10.6 Å². The molecule has 1 aromatic heterocycles. The van der Waals surface area contributed by atoms with Gasteiger partial charge in [0.05, 0.1) is 5.69 Å². The summed E-state index contributed by atoms with van der Waals surface area (Å²) in [5, 5.41) is 3.77. The van der Waals surface area contributed by atoms with E-state index < -0.39 is 5.41 Å². The first-order valence-electron chi connectivity index (χ1n) is 6.85. The van der Waals surface area contributed by atoms with Crippen molar-refractivity contribution in [3.05, 3.63) is 23.4 Å². The van der Waals surface area contributed by atoms with Crippen molar-refractivity contribution in [1.29, 1.82) is 0 Å². The Bertz CT molecular complexity index is 484. The van der Waals surface area contributed by atoms with Crippen LogP contribution < -0.4 is 5.32 Å². The predicted molar refractivity (Wildman–Crippen MR) is 87.4 cm³/mol. The van der Waals surface area contributed by atoms with Crippen LogP contribution in [0.15, 0.2) is 6.07 Å². The highest BCUT2D eigenvalue weighted by Gasteiger charge is 2.23. The number of alkyl halides is 1. The lowest BCUT2D eigenvalue weighted by molar-refractivity contribution is -0.123. The van der Waals surface area contributed by atoms with Crippen LogP contribution >= 0.6 is 15.9 Å². The number of rotatable bonds is 3. The van der Waals surface area contributed by atoms with Crippen LogP contribution in [0.5, 0.6) is 0 Å². The zero-order valence-corrected chi connectivity index (χ0v) is 14.8. The van der Waals surface area contributed by atoms with Crippen LogP contribution in [0.3, 0.4) is 0 Å². The van der Waals surface area contributed by atoms with E-state index >= 15 is 0 Å². The summed E-state index contributed by atoms with van der Waals surface area (Å²) in [7, 11) is 0. The molecule has 0 saturated heterocycles. The van der Waals surface area contributed by atoms with Crippen LogP contribution in [-0.2, 0) is 16.6 Å². The monoisotopic (exact) mass is 339 g/mol. The van der Waals surface area contributed by atoms with Crippen molar-refractivity contribution in [3.8, 4) is 0 Å². The number of halogens is 1. The molecule has 0 atom stereocenters. The van der Waals surface area contributed by atoms with E-state index in [2.05, 4.69) is 53.1 Å². The zero-order chi connectivity index (χ0) is 15.6. The van der Waals surface area contributed by atoms with Crippen LogP contribution in [0.4, 0.5) is 5.82 Å². The van der Waals surface area contributed by atoms with Gasteiger partial charge in [-0.2, -0.15) is 0 Å². The lowest BCUT2D eigenvalue weighted by Crippen LogP contribution is -2.28. The summed E-state index contributed by atoms with van der Waals surface area (Å²) in [6.45, 7) is 12.0. The van der Waals surface area contributed by atoms with Gasteiger partial charge < -0.3 is 5.32 Å². The van der Waals surface area contributed by atoms with E-state index in [-0.39, 0.29) is 11.3 Å². The van der Waals surface area contributed by atoms with Crippen molar-refractivity contribution >= 4 is 27.7 Å². The number of nitrogens with zero attached hydrogens (tertiary/aromatic N) is 1. The molecule has 4 heteroatoms. The fraction of sp³-hybridized carbons (Fsp3) is 0.625. The molecular formula is C16H24BrN2O. The Kier molecular flexibility index (Phi) is 5.36. The minimum absolute atomic E-state index is 0.0270. The molecule has 0 aromatic carbocycles. The molecule has 1 rings (SSSR count). The minimum atomic E-state index is -0.432. The van der Waals surface area contributed by atoms with Crippen LogP contribution in [0.2, 0.25) is 0 Å². The van der Waals surface area contributed by atoms with Gasteiger partial charge in [-0.05, 0) is 18.1 Å². The van der Waals surface area contributed by atoms with Crippen molar-refractivity contribution in [1.82, 2.24) is 4.98 Å². The van der Waals surface area contributed by atoms with Crippen molar-refractivity contribution in [2.24, 2.45) is 5.41 Å². The predicted octanol–water partition coefficient (Wildman–Crippen LogP) is 4.10. The average molecular weight is 340 g/mol. The molecule has 3 nitrogen and oxygen atoms in total. The fourth-order valence-electron chi connectivity index (χ4n) is 1.49. The Hall–Kier alpha value is -0.900. The van der Waals surface area contributed by atoms with E-state index in [0.29, 0.717) is 5.82 Å². The molecule has 1 amide bonds. The summed E-state index contributed by atoms with van der Waals surface area (Å²) < 4.78 is 0. The van der Waals surface area contributed by atoms with Gasteiger partial charge in [0, 0.05) is 22.2 Å². The lowest BCUT2D eigenvalue weighted by atomic mass is 9.90. The highest BCUT2D eigenvalue weighted by Crippen LogP contribution is 2.24. The number of nitrogens with one attached hydrogen (secondary N) is 1. The average Bonchev–Trinajstić information content (AvgIpc) is 2.26. The van der Waals surface area contributed by atoms with Crippen LogP contribution in [0.1, 0.15) is 52.8 Å². The molecule has 0 aliphatic carbocycles. The summed E-state index contributed by atoms with van der Waals surface area (Å²) in [5.74, 6) is 0.588. The van der Waals surface area contributed by atoms with Crippen LogP contribution in [0.25, 0.3) is 0 Å². The third-order valence-corrected chi connectivity index (χ3v) is 3.22. The van der Waals surface area contributed by atoms with E-state index in [0.717, 1.165) is 23.0 Å². The topological polar surface area (TPSA) is 42.0 Å². The highest BCUT2D eigenvalue weighted by molar-refractivity contribution is 9.09. The molecule has 1 aromatic rings. The van der Waals surface area contributed by atoms with E-state index in [4.69, 9.17) is 0 Å². The summed E-state index contributed by atoms with van der Waals surface area (Å²) in [5.41, 5.74) is 1.41. The molecular weight excluding hydrogens is 316 g/mol. The Morgan fingerprint density at radius 3 is 2.35 bits per heavy atom. The Labute approximate surface area is 130 Å². The number of carbonyl (C=O) groups excluding carboxylic acids is 1. The van der Waals surface area contributed by atoms with Crippen molar-refractivity contribution < 1.29 is 4.79 Å². The van der Waals surface area contributed by atoms with Gasteiger partial charge >= 0.3 is 0 Å². The largest absolute Gasteiger partial charge is 0.310 e. The van der Waals surface area contributed by atoms with Gasteiger partial charge in [0.1, 0.15) is 5.82 Å². The van der Waals surface area contributed by atoms with Gasteiger partial charge in [-0.1, -0.05) is 57.5 Å². The molecule has 0 unspecified atom stereocenters. The van der Waals surface area contributed by atoms with Crippen molar-refractivity contribution in [3.63, 3.8) is 0 Å². The molecule has 0 aliphatic rings.